The zero-order valence-electron chi connectivity index (χ0n) is 15.9. The number of rotatable bonds is 4. The molecule has 1 aliphatic rings. The van der Waals surface area contributed by atoms with Crippen molar-refractivity contribution >= 4 is 34.7 Å². The number of carbonyl (C=O) groups is 2. The Morgan fingerprint density at radius 2 is 1.94 bits per heavy atom. The van der Waals surface area contributed by atoms with Gasteiger partial charge in [0.2, 0.25) is 0 Å². The second-order valence-corrected chi connectivity index (χ2v) is 7.04. The lowest BCUT2D eigenvalue weighted by molar-refractivity contribution is -0.132. The quantitative estimate of drug-likeness (QED) is 0.353. The van der Waals surface area contributed by atoms with Crippen LogP contribution in [0.3, 0.4) is 0 Å². The first-order chi connectivity index (χ1) is 14.8. The molecule has 2 heterocycles. The fraction of sp³-hybridized carbons (Fsp3) is 0.0909. The van der Waals surface area contributed by atoms with E-state index in [0.717, 1.165) is 17.0 Å². The number of anilines is 1. The molecule has 6 nitrogen and oxygen atoms in total. The molecule has 1 aromatic heterocycles. The first-order valence-electron chi connectivity index (χ1n) is 8.97. The molecule has 1 amide bonds. The molecule has 3 aromatic rings. The average molecular weight is 446 g/mol. The highest BCUT2D eigenvalue weighted by Crippen LogP contribution is 2.43. The summed E-state index contributed by atoms with van der Waals surface area (Å²) in [6.07, 6.45) is 1.31. The highest BCUT2D eigenvalue weighted by molar-refractivity contribution is 6.51. The molecule has 1 saturated heterocycles. The Morgan fingerprint density at radius 3 is 2.55 bits per heavy atom. The molecule has 1 aliphatic heterocycles. The number of carbonyl (C=O) groups excluding carboxylic acids is 2. The highest BCUT2D eigenvalue weighted by Gasteiger charge is 2.49. The molecular weight excluding hydrogens is 432 g/mol. The van der Waals surface area contributed by atoms with Crippen LogP contribution in [0, 0.1) is 11.6 Å². The summed E-state index contributed by atoms with van der Waals surface area (Å²) in [5, 5.41) is 11.1. The molecule has 0 aliphatic carbocycles. The van der Waals surface area contributed by atoms with Crippen molar-refractivity contribution < 1.29 is 32.6 Å². The summed E-state index contributed by atoms with van der Waals surface area (Å²) in [7, 11) is 1.42. The molecular formula is C22H14ClF2NO5. The van der Waals surface area contributed by atoms with Crippen LogP contribution < -0.4 is 9.64 Å². The zero-order valence-corrected chi connectivity index (χ0v) is 16.7. The molecule has 31 heavy (non-hydrogen) atoms. The van der Waals surface area contributed by atoms with Crippen LogP contribution in [0.25, 0.3) is 5.76 Å². The van der Waals surface area contributed by atoms with Gasteiger partial charge in [0.05, 0.1) is 29.7 Å². The number of amides is 1. The normalized spacial score (nSPS) is 17.9. The lowest BCUT2D eigenvalue weighted by Crippen LogP contribution is -2.30. The topological polar surface area (TPSA) is 80.0 Å². The second-order valence-electron chi connectivity index (χ2n) is 6.63. The van der Waals surface area contributed by atoms with Gasteiger partial charge in [-0.05, 0) is 42.5 Å². The van der Waals surface area contributed by atoms with Gasteiger partial charge in [-0.2, -0.15) is 0 Å². The summed E-state index contributed by atoms with van der Waals surface area (Å²) < 4.78 is 38.4. The van der Waals surface area contributed by atoms with E-state index in [2.05, 4.69) is 0 Å². The van der Waals surface area contributed by atoms with Crippen LogP contribution in [-0.2, 0) is 9.59 Å². The maximum Gasteiger partial charge on any atom is 0.300 e. The molecule has 1 fully saturated rings. The first-order valence-corrected chi connectivity index (χ1v) is 9.34. The second kappa shape index (κ2) is 7.88. The Labute approximate surface area is 179 Å². The number of hydrogen-bond acceptors (Lipinski definition) is 5. The van der Waals surface area contributed by atoms with E-state index in [1.807, 2.05) is 0 Å². The zero-order chi connectivity index (χ0) is 22.3. The van der Waals surface area contributed by atoms with E-state index < -0.39 is 35.1 Å². The molecule has 1 atom stereocenters. The fourth-order valence-corrected chi connectivity index (χ4v) is 3.70. The van der Waals surface area contributed by atoms with Crippen molar-refractivity contribution in [2.45, 2.75) is 6.04 Å². The van der Waals surface area contributed by atoms with Crippen LogP contribution in [0.4, 0.5) is 14.5 Å². The number of nitrogens with zero attached hydrogens (tertiary/aromatic N) is 1. The van der Waals surface area contributed by atoms with Gasteiger partial charge < -0.3 is 14.3 Å². The number of ketones is 1. The Balaban J connectivity index is 1.93. The van der Waals surface area contributed by atoms with Crippen molar-refractivity contribution in [3.63, 3.8) is 0 Å². The number of halogens is 3. The Hall–Kier alpha value is -3.65. The maximum absolute atomic E-state index is 14.5. The van der Waals surface area contributed by atoms with Gasteiger partial charge >= 0.3 is 0 Å². The molecule has 1 unspecified atom stereocenters. The van der Waals surface area contributed by atoms with Gasteiger partial charge in [-0.25, -0.2) is 8.78 Å². The lowest BCUT2D eigenvalue weighted by atomic mass is 9.99. The fourth-order valence-electron chi connectivity index (χ4n) is 3.44. The predicted octanol–water partition coefficient (Wildman–Crippen LogP) is 4.85. The van der Waals surface area contributed by atoms with Gasteiger partial charge in [0, 0.05) is 11.6 Å². The first kappa shape index (κ1) is 20.6. The van der Waals surface area contributed by atoms with E-state index in [0.29, 0.717) is 11.8 Å². The summed E-state index contributed by atoms with van der Waals surface area (Å²) in [6.45, 7) is 0. The SMILES string of the molecule is COc1ccc(/C(O)=C2/C(=O)C(=O)N(c3ccc(F)cc3F)C2c2ccco2)cc1Cl. The Bertz CT molecular complexity index is 1220. The maximum atomic E-state index is 14.5. The number of methoxy groups -OCH3 is 1. The summed E-state index contributed by atoms with van der Waals surface area (Å²) in [5.41, 5.74) is -0.526. The van der Waals surface area contributed by atoms with Crippen molar-refractivity contribution in [2.75, 3.05) is 12.0 Å². The number of aliphatic hydroxyl groups excluding tert-OH is 1. The third-order valence-electron chi connectivity index (χ3n) is 4.85. The largest absolute Gasteiger partial charge is 0.507 e. The molecule has 0 bridgehead atoms. The molecule has 0 radical (unpaired) electrons. The van der Waals surface area contributed by atoms with E-state index in [1.54, 1.807) is 0 Å². The van der Waals surface area contributed by atoms with Gasteiger partial charge in [-0.1, -0.05) is 11.6 Å². The van der Waals surface area contributed by atoms with Crippen LogP contribution in [0.2, 0.25) is 5.02 Å². The average Bonchev–Trinajstić information content (AvgIpc) is 3.35. The van der Waals surface area contributed by atoms with E-state index in [1.165, 1.54) is 43.7 Å². The molecule has 158 valence electrons. The van der Waals surface area contributed by atoms with Gasteiger partial charge in [0.1, 0.15) is 34.9 Å². The monoisotopic (exact) mass is 445 g/mol. The van der Waals surface area contributed by atoms with Crippen LogP contribution in [0.1, 0.15) is 17.4 Å². The van der Waals surface area contributed by atoms with E-state index >= 15 is 0 Å². The van der Waals surface area contributed by atoms with Crippen molar-refractivity contribution in [3.05, 3.63) is 88.3 Å². The summed E-state index contributed by atoms with van der Waals surface area (Å²) in [5.74, 6) is -4.15. The van der Waals surface area contributed by atoms with Crippen molar-refractivity contribution in [1.29, 1.82) is 0 Å². The third-order valence-corrected chi connectivity index (χ3v) is 5.15. The van der Waals surface area contributed by atoms with Gasteiger partial charge in [0.15, 0.2) is 0 Å². The van der Waals surface area contributed by atoms with Crippen molar-refractivity contribution in [3.8, 4) is 5.75 Å². The minimum atomic E-state index is -1.28. The lowest BCUT2D eigenvalue weighted by Gasteiger charge is -2.23. The molecule has 4 rings (SSSR count). The van der Waals surface area contributed by atoms with Crippen LogP contribution in [0.5, 0.6) is 5.75 Å². The van der Waals surface area contributed by atoms with Crippen LogP contribution >= 0.6 is 11.6 Å². The van der Waals surface area contributed by atoms with Gasteiger partial charge in [-0.3, -0.25) is 14.5 Å². The van der Waals surface area contributed by atoms with Crippen LogP contribution in [0.15, 0.2) is 64.8 Å². The Morgan fingerprint density at radius 1 is 1.16 bits per heavy atom. The Kier molecular flexibility index (Phi) is 5.24. The molecule has 0 spiro atoms. The third kappa shape index (κ3) is 3.44. The van der Waals surface area contributed by atoms with Crippen LogP contribution in [-0.4, -0.2) is 23.9 Å². The highest BCUT2D eigenvalue weighted by atomic mass is 35.5. The molecule has 2 aromatic carbocycles. The van der Waals surface area contributed by atoms with E-state index in [4.69, 9.17) is 20.8 Å². The smallest absolute Gasteiger partial charge is 0.300 e. The van der Waals surface area contributed by atoms with E-state index in [-0.39, 0.29) is 27.6 Å². The minimum absolute atomic E-state index is 0.101. The molecule has 0 saturated carbocycles. The van der Waals surface area contributed by atoms with Crippen molar-refractivity contribution in [2.24, 2.45) is 0 Å². The van der Waals surface area contributed by atoms with Gasteiger partial charge in [0.25, 0.3) is 11.7 Å². The summed E-state index contributed by atoms with van der Waals surface area (Å²) in [6, 6.07) is 8.59. The summed E-state index contributed by atoms with van der Waals surface area (Å²) >= 11 is 6.12. The molecule has 1 N–H and O–H groups in total. The number of furan rings is 1. The van der Waals surface area contributed by atoms with E-state index in [9.17, 15) is 23.5 Å². The number of Topliss-reactive ketones (excluding diaryl/α,β-unsaturated/α-hetero) is 1. The number of hydrogen-bond donors (Lipinski definition) is 1. The predicted molar refractivity (Wildman–Crippen MR) is 108 cm³/mol. The van der Waals surface area contributed by atoms with Crippen molar-refractivity contribution in [1.82, 2.24) is 0 Å². The standard InChI is InChI=1S/C22H14ClF2NO5/c1-30-16-7-4-11(9-13(16)23)20(27)18-19(17-3-2-8-31-17)26(22(29)21(18)28)15-6-5-12(24)10-14(15)25/h2-10,19,27H,1H3/b20-18-. The minimum Gasteiger partial charge on any atom is -0.507 e. The number of aliphatic hydroxyl groups is 1. The number of ether oxygens (including phenoxy) is 1. The van der Waals surface area contributed by atoms with Gasteiger partial charge in [-0.15, -0.1) is 0 Å². The molecule has 9 heteroatoms. The number of benzene rings is 2. The summed E-state index contributed by atoms with van der Waals surface area (Å²) in [4.78, 5) is 26.6.